The molecule has 0 unspecified atom stereocenters. The fourth-order valence-corrected chi connectivity index (χ4v) is 1.40. The topological polar surface area (TPSA) is 20.5 Å². The molecule has 0 N–H and O–H groups in total. The monoisotopic (exact) mass is 235 g/mol. The second-order valence-corrected chi connectivity index (χ2v) is 4.06. The number of esters is 1. The SMILES string of the molecule is CCCCOC(=[O+]CCCC)c1ccccc1. The largest absolute Gasteiger partial charge is 0.519 e. The third-order valence-corrected chi connectivity index (χ3v) is 2.47. The summed E-state index contributed by atoms with van der Waals surface area (Å²) in [5.74, 6) is 0.674. The normalized spacial score (nSPS) is 11.5. The van der Waals surface area contributed by atoms with Crippen molar-refractivity contribution in [2.24, 2.45) is 0 Å². The second kappa shape index (κ2) is 8.80. The first-order valence-electron chi connectivity index (χ1n) is 6.56. The molecule has 0 saturated heterocycles. The van der Waals surface area contributed by atoms with Gasteiger partial charge in [-0.15, -0.1) is 0 Å². The number of hydrogen-bond donors (Lipinski definition) is 0. The van der Waals surface area contributed by atoms with E-state index >= 15 is 0 Å². The molecule has 0 saturated carbocycles. The van der Waals surface area contributed by atoms with Crippen LogP contribution in [0.15, 0.2) is 30.3 Å². The molecule has 17 heavy (non-hydrogen) atoms. The summed E-state index contributed by atoms with van der Waals surface area (Å²) in [6.07, 6.45) is 4.40. The highest BCUT2D eigenvalue weighted by Crippen LogP contribution is 2.04. The smallest absolute Gasteiger partial charge is 0.318 e. The fourth-order valence-electron chi connectivity index (χ4n) is 1.40. The predicted octanol–water partition coefficient (Wildman–Crippen LogP) is 3.98. The molecular formula is C15H23O2+. The van der Waals surface area contributed by atoms with Crippen molar-refractivity contribution in [3.8, 4) is 0 Å². The molecule has 0 bridgehead atoms. The maximum Gasteiger partial charge on any atom is 0.519 e. The Labute approximate surface area is 104 Å². The Morgan fingerprint density at radius 3 is 2.41 bits per heavy atom. The first-order valence-corrected chi connectivity index (χ1v) is 6.56. The van der Waals surface area contributed by atoms with Crippen LogP contribution in [0, 0.1) is 0 Å². The Balaban J connectivity index is 2.61. The van der Waals surface area contributed by atoms with Gasteiger partial charge in [0.05, 0.1) is 0 Å². The maximum absolute atomic E-state index is 5.71. The van der Waals surface area contributed by atoms with Gasteiger partial charge >= 0.3 is 5.97 Å². The quantitative estimate of drug-likeness (QED) is 0.398. The van der Waals surface area contributed by atoms with Gasteiger partial charge in [0.15, 0.2) is 13.2 Å². The lowest BCUT2D eigenvalue weighted by atomic mass is 10.2. The zero-order chi connectivity index (χ0) is 12.3. The van der Waals surface area contributed by atoms with Crippen LogP contribution in [0.3, 0.4) is 0 Å². The summed E-state index contributed by atoms with van der Waals surface area (Å²) in [5.41, 5.74) is 1.03. The minimum absolute atomic E-state index is 0.674. The Kier molecular flexibility index (Phi) is 7.12. The van der Waals surface area contributed by atoms with Crippen LogP contribution in [0.5, 0.6) is 0 Å². The van der Waals surface area contributed by atoms with Crippen LogP contribution in [-0.2, 0) is 4.74 Å². The molecule has 0 aliphatic rings. The van der Waals surface area contributed by atoms with E-state index in [1.54, 1.807) is 0 Å². The molecule has 0 spiro atoms. The van der Waals surface area contributed by atoms with Crippen LogP contribution in [0.4, 0.5) is 0 Å². The number of ether oxygens (including phenoxy) is 1. The number of benzene rings is 1. The van der Waals surface area contributed by atoms with E-state index in [4.69, 9.17) is 9.16 Å². The van der Waals surface area contributed by atoms with Crippen molar-refractivity contribution < 1.29 is 9.16 Å². The summed E-state index contributed by atoms with van der Waals surface area (Å²) in [5, 5.41) is 0. The van der Waals surface area contributed by atoms with Gasteiger partial charge in [-0.3, -0.25) is 0 Å². The van der Waals surface area contributed by atoms with Crippen molar-refractivity contribution in [2.75, 3.05) is 13.2 Å². The van der Waals surface area contributed by atoms with Crippen molar-refractivity contribution in [3.05, 3.63) is 35.9 Å². The highest BCUT2D eigenvalue weighted by molar-refractivity contribution is 5.89. The summed E-state index contributed by atoms with van der Waals surface area (Å²) < 4.78 is 11.4. The molecule has 94 valence electrons. The van der Waals surface area contributed by atoms with Gasteiger partial charge in [0, 0.05) is 12.8 Å². The maximum atomic E-state index is 5.71. The van der Waals surface area contributed by atoms with Crippen molar-refractivity contribution in [1.29, 1.82) is 0 Å². The van der Waals surface area contributed by atoms with Gasteiger partial charge in [0.1, 0.15) is 5.56 Å². The Bertz CT molecular complexity index is 317. The van der Waals surface area contributed by atoms with E-state index in [0.29, 0.717) is 5.97 Å². The number of hydrogen-bond acceptors (Lipinski definition) is 1. The summed E-state index contributed by atoms with van der Waals surface area (Å²) in [7, 11) is 0. The third kappa shape index (κ3) is 5.53. The molecule has 2 nitrogen and oxygen atoms in total. The molecule has 0 aromatic heterocycles. The molecule has 1 aromatic carbocycles. The molecule has 0 aliphatic heterocycles. The van der Waals surface area contributed by atoms with Gasteiger partial charge in [-0.2, -0.15) is 0 Å². The zero-order valence-electron chi connectivity index (χ0n) is 10.9. The van der Waals surface area contributed by atoms with E-state index in [9.17, 15) is 0 Å². The highest BCUT2D eigenvalue weighted by Gasteiger charge is 2.17. The average molecular weight is 235 g/mol. The van der Waals surface area contributed by atoms with E-state index in [-0.39, 0.29) is 0 Å². The van der Waals surface area contributed by atoms with Crippen LogP contribution < -0.4 is 0 Å². The number of carbonyl (C=O) groups excluding carboxylic acids is 1. The van der Waals surface area contributed by atoms with Gasteiger partial charge in [0.25, 0.3) is 0 Å². The van der Waals surface area contributed by atoms with E-state index in [0.717, 1.165) is 44.5 Å². The molecule has 0 radical (unpaired) electrons. The van der Waals surface area contributed by atoms with Crippen molar-refractivity contribution >= 4 is 5.97 Å². The van der Waals surface area contributed by atoms with Crippen molar-refractivity contribution in [3.63, 3.8) is 0 Å². The van der Waals surface area contributed by atoms with Gasteiger partial charge in [-0.05, 0) is 12.1 Å². The van der Waals surface area contributed by atoms with Crippen molar-refractivity contribution in [2.45, 2.75) is 39.5 Å². The van der Waals surface area contributed by atoms with Crippen molar-refractivity contribution in [1.82, 2.24) is 0 Å². The van der Waals surface area contributed by atoms with E-state index in [1.165, 1.54) is 0 Å². The van der Waals surface area contributed by atoms with Gasteiger partial charge in [0.2, 0.25) is 0 Å². The number of unbranched alkanes of at least 4 members (excludes halogenated alkanes) is 2. The summed E-state index contributed by atoms with van der Waals surface area (Å²) in [6, 6.07) is 10.0. The average Bonchev–Trinajstić information content (AvgIpc) is 2.38. The Morgan fingerprint density at radius 1 is 1.06 bits per heavy atom. The molecule has 1 aromatic rings. The third-order valence-electron chi connectivity index (χ3n) is 2.47. The van der Waals surface area contributed by atoms with Crippen LogP contribution in [0.1, 0.15) is 49.5 Å². The molecular weight excluding hydrogens is 212 g/mol. The lowest BCUT2D eigenvalue weighted by molar-refractivity contribution is -0.285. The molecule has 0 aliphatic carbocycles. The fraction of sp³-hybridized carbons (Fsp3) is 0.533. The van der Waals surface area contributed by atoms with Crippen LogP contribution in [-0.4, -0.2) is 19.2 Å². The Morgan fingerprint density at radius 2 is 1.76 bits per heavy atom. The summed E-state index contributed by atoms with van der Waals surface area (Å²) in [4.78, 5) is 0. The van der Waals surface area contributed by atoms with Gasteiger partial charge in [-0.1, -0.05) is 44.9 Å². The molecule has 0 atom stereocenters. The zero-order valence-corrected chi connectivity index (χ0v) is 10.9. The van der Waals surface area contributed by atoms with E-state index in [1.807, 2.05) is 30.3 Å². The van der Waals surface area contributed by atoms with Crippen LogP contribution >= 0.6 is 0 Å². The lowest BCUT2D eigenvalue weighted by Crippen LogP contribution is -2.09. The Hall–Kier alpha value is -1.31. The van der Waals surface area contributed by atoms with E-state index in [2.05, 4.69) is 13.8 Å². The van der Waals surface area contributed by atoms with Gasteiger partial charge in [-0.25, -0.2) is 0 Å². The van der Waals surface area contributed by atoms with Crippen LogP contribution in [0.25, 0.3) is 0 Å². The molecule has 1 rings (SSSR count). The molecule has 0 fully saturated rings. The predicted molar refractivity (Wildman–Crippen MR) is 71.4 cm³/mol. The first kappa shape index (κ1) is 13.8. The molecule has 0 amide bonds. The van der Waals surface area contributed by atoms with Crippen LogP contribution in [0.2, 0.25) is 0 Å². The standard InChI is InChI=1S/C15H23O2/c1-3-5-12-16-15(17-13-6-4-2)14-10-8-7-9-11-14/h7-11H,3-6,12-13H2,1-2H3/q+1. The van der Waals surface area contributed by atoms with Gasteiger partial charge < -0.3 is 9.16 Å². The lowest BCUT2D eigenvalue weighted by Gasteiger charge is -1.97. The highest BCUT2D eigenvalue weighted by atomic mass is 16.6. The summed E-state index contributed by atoms with van der Waals surface area (Å²) >= 11 is 0. The minimum Gasteiger partial charge on any atom is -0.318 e. The first-order chi connectivity index (χ1) is 8.38. The summed E-state index contributed by atoms with van der Waals surface area (Å²) in [6.45, 7) is 5.77. The second-order valence-electron chi connectivity index (χ2n) is 4.06. The minimum atomic E-state index is 0.674. The van der Waals surface area contributed by atoms with E-state index < -0.39 is 0 Å². The number of rotatable bonds is 7. The molecule has 0 heterocycles. The molecule has 2 heteroatoms.